The van der Waals surface area contributed by atoms with Crippen LogP contribution in [0.2, 0.25) is 0 Å². The molecule has 0 saturated carbocycles. The zero-order valence-electron chi connectivity index (χ0n) is 13.6. The number of hydrogen-bond donors (Lipinski definition) is 1. The van der Waals surface area contributed by atoms with E-state index in [4.69, 9.17) is 0 Å². The van der Waals surface area contributed by atoms with Gasteiger partial charge in [-0.1, -0.05) is 23.9 Å². The van der Waals surface area contributed by atoms with Crippen LogP contribution in [0.4, 0.5) is 4.39 Å². The van der Waals surface area contributed by atoms with Crippen LogP contribution in [-0.2, 0) is 4.79 Å². The number of thiazole rings is 1. The van der Waals surface area contributed by atoms with Gasteiger partial charge >= 0.3 is 0 Å². The fourth-order valence-electron chi connectivity index (χ4n) is 2.56. The Balaban J connectivity index is 1.40. The minimum atomic E-state index is -0.295. The highest BCUT2D eigenvalue weighted by molar-refractivity contribution is 8.01. The summed E-state index contributed by atoms with van der Waals surface area (Å²) in [5.74, 6) is 0.615. The number of hydrazone groups is 1. The molecule has 0 fully saturated rings. The summed E-state index contributed by atoms with van der Waals surface area (Å²) in [4.78, 5) is 17.6. The molecule has 2 heterocycles. The predicted molar refractivity (Wildman–Crippen MR) is 107 cm³/mol. The summed E-state index contributed by atoms with van der Waals surface area (Å²) >= 11 is 4.63. The molecule has 1 aliphatic rings. The molecule has 1 aliphatic heterocycles. The number of hydrogen-bond acceptors (Lipinski definition) is 6. The molecule has 2 aromatic carbocycles. The van der Waals surface area contributed by atoms with Crippen molar-refractivity contribution in [3.63, 3.8) is 0 Å². The molecule has 0 saturated heterocycles. The van der Waals surface area contributed by atoms with Crippen molar-refractivity contribution in [1.29, 1.82) is 0 Å². The van der Waals surface area contributed by atoms with Crippen molar-refractivity contribution in [2.24, 2.45) is 5.10 Å². The molecule has 1 amide bonds. The Bertz CT molecular complexity index is 969. The van der Waals surface area contributed by atoms with E-state index < -0.39 is 0 Å². The van der Waals surface area contributed by atoms with Crippen LogP contribution < -0.4 is 5.43 Å². The van der Waals surface area contributed by atoms with Gasteiger partial charge in [0.05, 0.1) is 21.7 Å². The fraction of sp³-hybridized carbons (Fsp3) is 0.167. The van der Waals surface area contributed by atoms with E-state index in [0.29, 0.717) is 6.42 Å². The molecule has 0 bridgehead atoms. The van der Waals surface area contributed by atoms with E-state index in [1.165, 1.54) is 23.9 Å². The minimum absolute atomic E-state index is 0.196. The summed E-state index contributed by atoms with van der Waals surface area (Å²) in [5.41, 5.74) is 5.02. The molecule has 4 rings (SSSR count). The van der Waals surface area contributed by atoms with E-state index in [2.05, 4.69) is 15.5 Å². The number of thioether (sulfide) groups is 2. The maximum atomic E-state index is 13.5. The summed E-state index contributed by atoms with van der Waals surface area (Å²) in [6.07, 6.45) is 0.701. The SMILES string of the molecule is O=C(CSc1nc2ccccc2s1)NN=C1CCSc2ccc(F)cc21. The van der Waals surface area contributed by atoms with Gasteiger partial charge in [0, 0.05) is 22.6 Å². The maximum absolute atomic E-state index is 13.5. The molecule has 3 aromatic rings. The highest BCUT2D eigenvalue weighted by atomic mass is 32.2. The lowest BCUT2D eigenvalue weighted by atomic mass is 10.1. The number of amides is 1. The third-order valence-electron chi connectivity index (χ3n) is 3.77. The van der Waals surface area contributed by atoms with E-state index in [1.54, 1.807) is 29.2 Å². The van der Waals surface area contributed by atoms with Crippen LogP contribution >= 0.6 is 34.9 Å². The largest absolute Gasteiger partial charge is 0.272 e. The Morgan fingerprint density at radius 2 is 2.19 bits per heavy atom. The van der Waals surface area contributed by atoms with Crippen LogP contribution in [0.15, 0.2) is 56.8 Å². The molecule has 0 unspecified atom stereocenters. The number of nitrogens with one attached hydrogen (secondary N) is 1. The Hall–Kier alpha value is -1.90. The van der Waals surface area contributed by atoms with E-state index >= 15 is 0 Å². The van der Waals surface area contributed by atoms with Gasteiger partial charge in [0.2, 0.25) is 0 Å². The number of carbonyl (C=O) groups excluding carboxylic acids is 1. The average Bonchev–Trinajstić information content (AvgIpc) is 3.07. The fourth-order valence-corrected chi connectivity index (χ4v) is 5.44. The van der Waals surface area contributed by atoms with Crippen molar-refractivity contribution in [3.05, 3.63) is 53.8 Å². The van der Waals surface area contributed by atoms with Crippen LogP contribution in [0.1, 0.15) is 12.0 Å². The second-order valence-electron chi connectivity index (χ2n) is 5.57. The first-order valence-corrected chi connectivity index (χ1v) is 10.7. The lowest BCUT2D eigenvalue weighted by Crippen LogP contribution is -2.23. The number of halogens is 1. The quantitative estimate of drug-likeness (QED) is 0.513. The number of benzene rings is 2. The van der Waals surface area contributed by atoms with E-state index in [1.807, 2.05) is 24.3 Å². The first kappa shape index (κ1) is 17.5. The van der Waals surface area contributed by atoms with Gasteiger partial charge in [-0.2, -0.15) is 5.10 Å². The van der Waals surface area contributed by atoms with Crippen LogP contribution in [0.25, 0.3) is 10.2 Å². The molecule has 0 aliphatic carbocycles. The molecule has 1 N–H and O–H groups in total. The van der Waals surface area contributed by atoms with Gasteiger partial charge in [-0.25, -0.2) is 14.8 Å². The molecule has 132 valence electrons. The average molecular weight is 404 g/mol. The van der Waals surface area contributed by atoms with E-state index in [0.717, 1.165) is 36.5 Å². The summed E-state index contributed by atoms with van der Waals surface area (Å²) in [6.45, 7) is 0. The van der Waals surface area contributed by atoms with Gasteiger partial charge in [0.25, 0.3) is 5.91 Å². The Kier molecular flexibility index (Phi) is 5.23. The van der Waals surface area contributed by atoms with Gasteiger partial charge in [-0.05, 0) is 30.3 Å². The van der Waals surface area contributed by atoms with Gasteiger partial charge in [0.1, 0.15) is 5.82 Å². The monoisotopic (exact) mass is 403 g/mol. The molecule has 26 heavy (non-hydrogen) atoms. The second kappa shape index (κ2) is 7.77. The zero-order valence-corrected chi connectivity index (χ0v) is 16.0. The third kappa shape index (κ3) is 3.92. The molecular formula is C18H14FN3OS3. The molecule has 0 spiro atoms. The highest BCUT2D eigenvalue weighted by Gasteiger charge is 2.17. The van der Waals surface area contributed by atoms with E-state index in [9.17, 15) is 9.18 Å². The van der Waals surface area contributed by atoms with Crippen molar-refractivity contribution in [3.8, 4) is 0 Å². The van der Waals surface area contributed by atoms with E-state index in [-0.39, 0.29) is 17.5 Å². The number of aromatic nitrogens is 1. The van der Waals surface area contributed by atoms with Crippen molar-refractivity contribution in [2.45, 2.75) is 15.7 Å². The topological polar surface area (TPSA) is 54.4 Å². The number of carbonyl (C=O) groups is 1. The Labute approximate surface area is 162 Å². The number of para-hydroxylation sites is 1. The van der Waals surface area contributed by atoms with Crippen LogP contribution in [-0.4, -0.2) is 28.1 Å². The predicted octanol–water partition coefficient (Wildman–Crippen LogP) is 4.54. The zero-order chi connectivity index (χ0) is 17.9. The van der Waals surface area contributed by atoms with Crippen molar-refractivity contribution < 1.29 is 9.18 Å². The Morgan fingerprint density at radius 3 is 3.08 bits per heavy atom. The van der Waals surface area contributed by atoms with Gasteiger partial charge in [0.15, 0.2) is 4.34 Å². The first-order valence-electron chi connectivity index (χ1n) is 7.95. The smallest absolute Gasteiger partial charge is 0.250 e. The molecule has 0 atom stereocenters. The molecule has 8 heteroatoms. The van der Waals surface area contributed by atoms with Crippen LogP contribution in [0.5, 0.6) is 0 Å². The first-order chi connectivity index (χ1) is 12.7. The molecule has 1 aromatic heterocycles. The maximum Gasteiger partial charge on any atom is 0.250 e. The Morgan fingerprint density at radius 1 is 1.31 bits per heavy atom. The minimum Gasteiger partial charge on any atom is -0.272 e. The number of rotatable bonds is 4. The van der Waals surface area contributed by atoms with Crippen LogP contribution in [0, 0.1) is 5.82 Å². The van der Waals surface area contributed by atoms with Gasteiger partial charge < -0.3 is 0 Å². The summed E-state index contributed by atoms with van der Waals surface area (Å²) < 4.78 is 15.5. The van der Waals surface area contributed by atoms with Crippen molar-refractivity contribution >= 4 is 56.7 Å². The molecule has 0 radical (unpaired) electrons. The second-order valence-corrected chi connectivity index (χ2v) is 8.96. The van der Waals surface area contributed by atoms with Crippen molar-refractivity contribution in [2.75, 3.05) is 11.5 Å². The summed E-state index contributed by atoms with van der Waals surface area (Å²) in [5, 5.41) is 4.23. The lowest BCUT2D eigenvalue weighted by Gasteiger charge is -2.17. The van der Waals surface area contributed by atoms with Crippen LogP contribution in [0.3, 0.4) is 0 Å². The number of fused-ring (bicyclic) bond motifs is 2. The summed E-state index contributed by atoms with van der Waals surface area (Å²) in [7, 11) is 0. The summed E-state index contributed by atoms with van der Waals surface area (Å²) in [6, 6.07) is 12.6. The molecule has 4 nitrogen and oxygen atoms in total. The highest BCUT2D eigenvalue weighted by Crippen LogP contribution is 2.31. The lowest BCUT2D eigenvalue weighted by molar-refractivity contribution is -0.118. The normalized spacial score (nSPS) is 15.2. The number of nitrogens with zero attached hydrogens (tertiary/aromatic N) is 2. The standard InChI is InChI=1S/C18H14FN3OS3/c19-11-5-6-15-12(9-11)13(7-8-24-15)21-22-17(23)10-25-18-20-14-3-1-2-4-16(14)26-18/h1-6,9H,7-8,10H2,(H,22,23). The van der Waals surface area contributed by atoms with Crippen molar-refractivity contribution in [1.82, 2.24) is 10.4 Å². The van der Waals surface area contributed by atoms with Gasteiger partial charge in [-0.3, -0.25) is 4.79 Å². The third-order valence-corrected chi connectivity index (χ3v) is 7.02. The molecular weight excluding hydrogens is 389 g/mol. The van der Waals surface area contributed by atoms with Gasteiger partial charge in [-0.15, -0.1) is 23.1 Å².